The summed E-state index contributed by atoms with van der Waals surface area (Å²) in [7, 11) is 0. The third kappa shape index (κ3) is 5.98. The van der Waals surface area contributed by atoms with Gasteiger partial charge in [0.2, 0.25) is 0 Å². The molecular weight excluding hydrogens is 370 g/mol. The molecule has 9 heteroatoms. The van der Waals surface area contributed by atoms with Crippen LogP contribution in [0.15, 0.2) is 36.4 Å². The minimum Gasteiger partial charge on any atom is -0.481 e. The Morgan fingerprint density at radius 3 is 2.33 bits per heavy atom. The molecule has 144 valence electrons. The molecule has 0 aromatic heterocycles. The largest absolute Gasteiger partial charge is 0.481 e. The highest BCUT2D eigenvalue weighted by molar-refractivity contribution is 5.78. The molecule has 0 aliphatic heterocycles. The van der Waals surface area contributed by atoms with E-state index in [4.69, 9.17) is 9.84 Å². The molecule has 0 heterocycles. The van der Waals surface area contributed by atoms with Crippen LogP contribution in [0.2, 0.25) is 0 Å². The third-order valence-electron chi connectivity index (χ3n) is 3.55. The Kier molecular flexibility index (Phi) is 6.75. The lowest BCUT2D eigenvalue weighted by Crippen LogP contribution is -2.36. The number of carbonyl (C=O) groups excluding carboxylic acids is 1. The number of nitrogens with zero attached hydrogens (tertiary/aromatic N) is 1. The highest BCUT2D eigenvalue weighted by Gasteiger charge is 2.18. The number of hydrogen-bond donors (Lipinski definition) is 1. The highest BCUT2D eigenvalue weighted by atomic mass is 19.2. The van der Waals surface area contributed by atoms with Gasteiger partial charge in [-0.2, -0.15) is 0 Å². The first-order valence-corrected chi connectivity index (χ1v) is 7.77. The zero-order valence-electron chi connectivity index (χ0n) is 13.9. The number of aliphatic carboxylic acids is 1. The summed E-state index contributed by atoms with van der Waals surface area (Å²) >= 11 is 0. The molecule has 0 atom stereocenters. The van der Waals surface area contributed by atoms with Crippen molar-refractivity contribution in [3.63, 3.8) is 0 Å². The number of carboxylic acid groups (broad SMARTS) is 1. The predicted octanol–water partition coefficient (Wildman–Crippen LogP) is 3.13. The van der Waals surface area contributed by atoms with Crippen LogP contribution in [-0.4, -0.2) is 35.0 Å². The van der Waals surface area contributed by atoms with Gasteiger partial charge in [0.25, 0.3) is 5.91 Å². The molecule has 2 aromatic carbocycles. The third-order valence-corrected chi connectivity index (χ3v) is 3.55. The molecule has 2 rings (SSSR count). The van der Waals surface area contributed by atoms with E-state index in [-0.39, 0.29) is 30.8 Å². The first-order chi connectivity index (χ1) is 12.8. The van der Waals surface area contributed by atoms with Crippen molar-refractivity contribution in [1.82, 2.24) is 4.90 Å². The van der Waals surface area contributed by atoms with Crippen molar-refractivity contribution in [2.45, 2.75) is 13.0 Å². The molecule has 1 amide bonds. The average molecular weight is 385 g/mol. The van der Waals surface area contributed by atoms with E-state index in [1.54, 1.807) is 0 Å². The van der Waals surface area contributed by atoms with Crippen LogP contribution in [0.1, 0.15) is 12.0 Å². The van der Waals surface area contributed by atoms with Crippen molar-refractivity contribution in [3.8, 4) is 5.75 Å². The summed E-state index contributed by atoms with van der Waals surface area (Å²) in [6, 6.07) is 5.57. The van der Waals surface area contributed by atoms with Crippen LogP contribution in [-0.2, 0) is 16.1 Å². The molecule has 2 aromatic rings. The molecule has 0 saturated heterocycles. The quantitative estimate of drug-likeness (QED) is 0.709. The lowest BCUT2D eigenvalue weighted by Gasteiger charge is -2.22. The van der Waals surface area contributed by atoms with E-state index in [0.717, 1.165) is 29.2 Å². The Balaban J connectivity index is 2.07. The van der Waals surface area contributed by atoms with E-state index in [9.17, 15) is 27.2 Å². The molecule has 0 fully saturated rings. The summed E-state index contributed by atoms with van der Waals surface area (Å²) in [6.07, 6.45) is -0.389. The fourth-order valence-electron chi connectivity index (χ4n) is 2.20. The van der Waals surface area contributed by atoms with Crippen molar-refractivity contribution in [2.75, 3.05) is 13.2 Å². The maximum atomic E-state index is 13.5. The van der Waals surface area contributed by atoms with Crippen LogP contribution in [0.5, 0.6) is 5.75 Å². The minimum atomic E-state index is -1.16. The molecule has 0 aliphatic carbocycles. The van der Waals surface area contributed by atoms with Gasteiger partial charge in [0.1, 0.15) is 5.82 Å². The lowest BCUT2D eigenvalue weighted by atomic mass is 10.2. The van der Waals surface area contributed by atoms with Crippen molar-refractivity contribution < 1.29 is 37.0 Å². The number of amides is 1. The van der Waals surface area contributed by atoms with Crippen LogP contribution in [0.4, 0.5) is 17.6 Å². The number of carboxylic acids is 1. The molecule has 0 aliphatic rings. The number of halogens is 4. The van der Waals surface area contributed by atoms with Gasteiger partial charge < -0.3 is 14.7 Å². The topological polar surface area (TPSA) is 66.8 Å². The smallest absolute Gasteiger partial charge is 0.305 e. The second-order valence-corrected chi connectivity index (χ2v) is 5.57. The monoisotopic (exact) mass is 385 g/mol. The number of carbonyl (C=O) groups is 2. The van der Waals surface area contributed by atoms with Crippen molar-refractivity contribution in [1.29, 1.82) is 0 Å². The SMILES string of the molecule is O=C(O)CCN(Cc1ccc(F)c(F)c1)C(=O)COc1ccc(F)cc1F. The van der Waals surface area contributed by atoms with Crippen molar-refractivity contribution in [3.05, 3.63) is 65.2 Å². The van der Waals surface area contributed by atoms with E-state index >= 15 is 0 Å². The predicted molar refractivity (Wildman–Crippen MR) is 85.9 cm³/mol. The van der Waals surface area contributed by atoms with E-state index < -0.39 is 41.8 Å². The minimum absolute atomic E-state index is 0.196. The zero-order valence-corrected chi connectivity index (χ0v) is 13.9. The maximum Gasteiger partial charge on any atom is 0.305 e. The number of rotatable bonds is 8. The number of ether oxygens (including phenoxy) is 1. The molecule has 0 spiro atoms. The van der Waals surface area contributed by atoms with E-state index in [1.807, 2.05) is 0 Å². The second kappa shape index (κ2) is 9.02. The fraction of sp³-hybridized carbons (Fsp3) is 0.222. The normalized spacial score (nSPS) is 10.5. The van der Waals surface area contributed by atoms with Crippen molar-refractivity contribution >= 4 is 11.9 Å². The molecule has 0 bridgehead atoms. The molecular formula is C18H15F4NO4. The summed E-state index contributed by atoms with van der Waals surface area (Å²) in [4.78, 5) is 24.1. The molecule has 0 unspecified atom stereocenters. The maximum absolute atomic E-state index is 13.5. The Bertz CT molecular complexity index is 844. The fourth-order valence-corrected chi connectivity index (χ4v) is 2.20. The lowest BCUT2D eigenvalue weighted by molar-refractivity contribution is -0.139. The Labute approximate surface area is 151 Å². The molecule has 1 N–H and O–H groups in total. The van der Waals surface area contributed by atoms with Gasteiger partial charge in [0.05, 0.1) is 6.42 Å². The van der Waals surface area contributed by atoms with E-state index in [1.165, 1.54) is 6.07 Å². The van der Waals surface area contributed by atoms with Gasteiger partial charge in [-0.15, -0.1) is 0 Å². The van der Waals surface area contributed by atoms with E-state index in [2.05, 4.69) is 0 Å². The highest BCUT2D eigenvalue weighted by Crippen LogP contribution is 2.18. The molecule has 0 saturated carbocycles. The Morgan fingerprint density at radius 2 is 1.70 bits per heavy atom. The average Bonchev–Trinajstić information content (AvgIpc) is 2.60. The number of hydrogen-bond acceptors (Lipinski definition) is 3. The van der Waals surface area contributed by atoms with Crippen molar-refractivity contribution in [2.24, 2.45) is 0 Å². The van der Waals surface area contributed by atoms with Crippen LogP contribution in [0, 0.1) is 23.3 Å². The molecule has 0 radical (unpaired) electrons. The van der Waals surface area contributed by atoms with Gasteiger partial charge in [-0.1, -0.05) is 6.07 Å². The van der Waals surface area contributed by atoms with Crippen LogP contribution < -0.4 is 4.74 Å². The Morgan fingerprint density at radius 1 is 0.963 bits per heavy atom. The van der Waals surface area contributed by atoms with Gasteiger partial charge in [0, 0.05) is 19.2 Å². The number of benzene rings is 2. The second-order valence-electron chi connectivity index (χ2n) is 5.57. The van der Waals surface area contributed by atoms with Gasteiger partial charge in [-0.25, -0.2) is 17.6 Å². The van der Waals surface area contributed by atoms with E-state index in [0.29, 0.717) is 6.07 Å². The summed E-state index contributed by atoms with van der Waals surface area (Å²) in [6.45, 7) is -1.06. The molecule has 27 heavy (non-hydrogen) atoms. The van der Waals surface area contributed by atoms with Gasteiger partial charge >= 0.3 is 5.97 Å². The summed E-state index contributed by atoms with van der Waals surface area (Å²) < 4.78 is 57.7. The van der Waals surface area contributed by atoms with Gasteiger partial charge in [-0.3, -0.25) is 9.59 Å². The van der Waals surface area contributed by atoms with Crippen LogP contribution in [0.3, 0.4) is 0 Å². The first kappa shape index (κ1) is 20.2. The summed E-state index contributed by atoms with van der Waals surface area (Å²) in [5.74, 6) is -6.20. The van der Waals surface area contributed by atoms with Crippen LogP contribution in [0.25, 0.3) is 0 Å². The molecule has 5 nitrogen and oxygen atoms in total. The van der Waals surface area contributed by atoms with Crippen LogP contribution >= 0.6 is 0 Å². The summed E-state index contributed by atoms with van der Waals surface area (Å²) in [5, 5.41) is 8.80. The standard InChI is InChI=1S/C18H15F4NO4/c19-12-2-4-16(15(22)8-12)27-10-17(24)23(6-5-18(25)26)9-11-1-3-13(20)14(21)7-11/h1-4,7-8H,5-6,9-10H2,(H,25,26). The Hall–Kier alpha value is -3.10. The van der Waals surface area contributed by atoms with Gasteiger partial charge in [0.15, 0.2) is 29.8 Å². The summed E-state index contributed by atoms with van der Waals surface area (Å²) in [5.41, 5.74) is 0.237. The van der Waals surface area contributed by atoms with Gasteiger partial charge in [-0.05, 0) is 29.8 Å². The zero-order chi connectivity index (χ0) is 20.0. The first-order valence-electron chi connectivity index (χ1n) is 7.77.